The van der Waals surface area contributed by atoms with Crippen molar-refractivity contribution in [3.05, 3.63) is 20.8 Å². The Labute approximate surface area is 136 Å². The van der Waals surface area contributed by atoms with Crippen LogP contribution in [-0.2, 0) is 11.3 Å². The molecule has 1 aromatic rings. The molecule has 5 nitrogen and oxygen atoms in total. The van der Waals surface area contributed by atoms with Crippen molar-refractivity contribution >= 4 is 39.0 Å². The van der Waals surface area contributed by atoms with Gasteiger partial charge in [0, 0.05) is 13.6 Å². The molecule has 0 aromatic carbocycles. The molecule has 116 valence electrons. The molecule has 1 aliphatic rings. The molecule has 1 saturated carbocycles. The minimum Gasteiger partial charge on any atom is -0.409 e. The predicted octanol–water partition coefficient (Wildman–Crippen LogP) is 3.17. The zero-order valence-corrected chi connectivity index (χ0v) is 14.4. The summed E-state index contributed by atoms with van der Waals surface area (Å²) in [5.74, 6) is -0.00892. The molecule has 1 fully saturated rings. The van der Waals surface area contributed by atoms with E-state index in [2.05, 4.69) is 21.1 Å². The van der Waals surface area contributed by atoms with Gasteiger partial charge in [0.15, 0.2) is 5.84 Å². The fourth-order valence-corrected chi connectivity index (χ4v) is 4.17. The lowest BCUT2D eigenvalue weighted by Crippen LogP contribution is -2.51. The van der Waals surface area contributed by atoms with Crippen LogP contribution >= 0.6 is 27.3 Å². The number of amidine groups is 1. The molecule has 1 heterocycles. The number of halogens is 1. The van der Waals surface area contributed by atoms with E-state index in [4.69, 9.17) is 10.9 Å². The van der Waals surface area contributed by atoms with Gasteiger partial charge in [-0.1, -0.05) is 24.4 Å². The second-order valence-corrected chi connectivity index (χ2v) is 7.84. The summed E-state index contributed by atoms with van der Waals surface area (Å²) in [6, 6.07) is 2.01. The van der Waals surface area contributed by atoms with E-state index < -0.39 is 5.41 Å². The standard InChI is InChI=1S/C14H20BrN3O2S/c1-18(8-10-7-11(15)21-9-10)13(19)14(12(16)17-20)5-3-2-4-6-14/h7,9,20H,2-6,8H2,1H3,(H2,16,17). The number of hydrogen-bond donors (Lipinski definition) is 2. The van der Waals surface area contributed by atoms with E-state index >= 15 is 0 Å². The van der Waals surface area contributed by atoms with Gasteiger partial charge in [0.05, 0.1) is 3.79 Å². The van der Waals surface area contributed by atoms with Gasteiger partial charge in [0.25, 0.3) is 0 Å². The summed E-state index contributed by atoms with van der Waals surface area (Å²) in [5.41, 5.74) is 6.10. The number of amides is 1. The molecule has 2 rings (SSSR count). The SMILES string of the molecule is CN(Cc1csc(Br)c1)C(=O)C1(C(N)=NO)CCCCC1. The lowest BCUT2D eigenvalue weighted by atomic mass is 9.72. The van der Waals surface area contributed by atoms with Gasteiger partial charge in [0.2, 0.25) is 5.91 Å². The molecule has 7 heteroatoms. The van der Waals surface area contributed by atoms with Crippen molar-refractivity contribution in [2.24, 2.45) is 16.3 Å². The zero-order chi connectivity index (χ0) is 15.5. The number of hydrogen-bond acceptors (Lipinski definition) is 4. The molecule has 1 aliphatic carbocycles. The summed E-state index contributed by atoms with van der Waals surface area (Å²) in [6.07, 6.45) is 4.26. The fraction of sp³-hybridized carbons (Fsp3) is 0.571. The quantitative estimate of drug-likeness (QED) is 0.368. The van der Waals surface area contributed by atoms with Gasteiger partial charge in [-0.15, -0.1) is 11.3 Å². The number of thiophene rings is 1. The highest BCUT2D eigenvalue weighted by molar-refractivity contribution is 9.11. The highest BCUT2D eigenvalue weighted by Crippen LogP contribution is 2.38. The highest BCUT2D eigenvalue weighted by atomic mass is 79.9. The third-order valence-corrected chi connectivity index (χ3v) is 5.66. The van der Waals surface area contributed by atoms with Gasteiger partial charge in [-0.2, -0.15) is 0 Å². The van der Waals surface area contributed by atoms with E-state index in [1.807, 2.05) is 11.4 Å². The number of carbonyl (C=O) groups is 1. The summed E-state index contributed by atoms with van der Waals surface area (Å²) in [7, 11) is 1.77. The van der Waals surface area contributed by atoms with Crippen LogP contribution < -0.4 is 5.73 Å². The van der Waals surface area contributed by atoms with Crippen molar-refractivity contribution in [1.82, 2.24) is 4.90 Å². The second-order valence-electron chi connectivity index (χ2n) is 5.55. The van der Waals surface area contributed by atoms with Gasteiger partial charge < -0.3 is 15.8 Å². The predicted molar refractivity (Wildman–Crippen MR) is 87.4 cm³/mol. The first-order valence-corrected chi connectivity index (χ1v) is 8.63. The van der Waals surface area contributed by atoms with Crippen LogP contribution in [0, 0.1) is 5.41 Å². The summed E-state index contributed by atoms with van der Waals surface area (Å²) < 4.78 is 1.04. The summed E-state index contributed by atoms with van der Waals surface area (Å²) >= 11 is 5.02. The number of nitrogens with zero attached hydrogens (tertiary/aromatic N) is 2. The molecule has 0 radical (unpaired) electrons. The van der Waals surface area contributed by atoms with Crippen LogP contribution in [0.25, 0.3) is 0 Å². The Hall–Kier alpha value is -1.08. The largest absolute Gasteiger partial charge is 0.409 e. The van der Waals surface area contributed by atoms with Gasteiger partial charge in [-0.25, -0.2) is 0 Å². The first-order chi connectivity index (χ1) is 9.99. The number of oxime groups is 1. The average molecular weight is 374 g/mol. The van der Waals surface area contributed by atoms with E-state index in [9.17, 15) is 4.79 Å². The summed E-state index contributed by atoms with van der Waals surface area (Å²) in [5, 5.41) is 14.2. The van der Waals surface area contributed by atoms with E-state index in [-0.39, 0.29) is 11.7 Å². The minimum atomic E-state index is -0.838. The van der Waals surface area contributed by atoms with Gasteiger partial charge in [0.1, 0.15) is 5.41 Å². The second kappa shape index (κ2) is 6.79. The molecule has 0 saturated heterocycles. The van der Waals surface area contributed by atoms with Crippen molar-refractivity contribution in [3.63, 3.8) is 0 Å². The summed E-state index contributed by atoms with van der Waals surface area (Å²) in [6.45, 7) is 0.529. The molecule has 1 amide bonds. The van der Waals surface area contributed by atoms with Gasteiger partial charge in [-0.05, 0) is 45.8 Å². The first-order valence-electron chi connectivity index (χ1n) is 6.96. The normalized spacial score (nSPS) is 18.5. The minimum absolute atomic E-state index is 0.0468. The average Bonchev–Trinajstić information content (AvgIpc) is 2.91. The van der Waals surface area contributed by atoms with Crippen LogP contribution in [0.4, 0.5) is 0 Å². The van der Waals surface area contributed by atoms with E-state index in [1.165, 1.54) is 0 Å². The maximum atomic E-state index is 12.9. The third kappa shape index (κ3) is 3.40. The number of nitrogens with two attached hydrogens (primary N) is 1. The van der Waals surface area contributed by atoms with Crippen LogP contribution in [0.5, 0.6) is 0 Å². The smallest absolute Gasteiger partial charge is 0.236 e. The third-order valence-electron chi connectivity index (χ3n) is 4.10. The van der Waals surface area contributed by atoms with Crippen LogP contribution in [0.3, 0.4) is 0 Å². The fourth-order valence-electron chi connectivity index (χ4n) is 2.97. The van der Waals surface area contributed by atoms with E-state index in [1.54, 1.807) is 23.3 Å². The molecule has 0 atom stereocenters. The Bertz CT molecular complexity index is 538. The molecule has 1 aromatic heterocycles. The Morgan fingerprint density at radius 1 is 1.52 bits per heavy atom. The van der Waals surface area contributed by atoms with Crippen molar-refractivity contribution < 1.29 is 10.0 Å². The zero-order valence-electron chi connectivity index (χ0n) is 12.0. The van der Waals surface area contributed by atoms with Crippen LogP contribution in [0.15, 0.2) is 20.4 Å². The van der Waals surface area contributed by atoms with Crippen LogP contribution in [0.2, 0.25) is 0 Å². The Kier molecular flexibility index (Phi) is 5.27. The van der Waals surface area contributed by atoms with Crippen molar-refractivity contribution in [2.45, 2.75) is 38.6 Å². The Morgan fingerprint density at radius 2 is 2.19 bits per heavy atom. The van der Waals surface area contributed by atoms with Crippen molar-refractivity contribution in [2.75, 3.05) is 7.05 Å². The molecular formula is C14H20BrN3O2S. The monoisotopic (exact) mass is 373 g/mol. The lowest BCUT2D eigenvalue weighted by Gasteiger charge is -2.37. The highest BCUT2D eigenvalue weighted by Gasteiger charge is 2.45. The molecule has 21 heavy (non-hydrogen) atoms. The maximum absolute atomic E-state index is 12.9. The number of rotatable bonds is 4. The van der Waals surface area contributed by atoms with Crippen molar-refractivity contribution in [3.8, 4) is 0 Å². The molecule has 0 spiro atoms. The molecule has 3 N–H and O–H groups in total. The summed E-state index contributed by atoms with van der Waals surface area (Å²) in [4.78, 5) is 14.6. The van der Waals surface area contributed by atoms with E-state index in [0.29, 0.717) is 19.4 Å². The molecule has 0 aliphatic heterocycles. The van der Waals surface area contributed by atoms with Crippen LogP contribution in [-0.4, -0.2) is 28.9 Å². The topological polar surface area (TPSA) is 78.9 Å². The maximum Gasteiger partial charge on any atom is 0.236 e. The van der Waals surface area contributed by atoms with E-state index in [0.717, 1.165) is 28.6 Å². The molecular weight excluding hydrogens is 354 g/mol. The first kappa shape index (κ1) is 16.3. The van der Waals surface area contributed by atoms with Crippen molar-refractivity contribution in [1.29, 1.82) is 0 Å². The molecule has 0 unspecified atom stereocenters. The molecule has 0 bridgehead atoms. The van der Waals surface area contributed by atoms with Gasteiger partial charge in [-0.3, -0.25) is 4.79 Å². The van der Waals surface area contributed by atoms with Gasteiger partial charge >= 0.3 is 0 Å². The van der Waals surface area contributed by atoms with Crippen LogP contribution in [0.1, 0.15) is 37.7 Å². The lowest BCUT2D eigenvalue weighted by molar-refractivity contribution is -0.139. The number of carbonyl (C=O) groups excluding carboxylic acids is 1. The Balaban J connectivity index is 2.17. The Morgan fingerprint density at radius 3 is 2.71 bits per heavy atom.